The van der Waals surface area contributed by atoms with Crippen LogP contribution in [-0.2, 0) is 6.54 Å². The van der Waals surface area contributed by atoms with E-state index in [1.807, 2.05) is 34.1 Å². The molecule has 0 N–H and O–H groups in total. The molecule has 0 unspecified atom stereocenters. The van der Waals surface area contributed by atoms with Crippen molar-refractivity contribution in [2.45, 2.75) is 19.4 Å². The van der Waals surface area contributed by atoms with Crippen LogP contribution in [0.4, 0.5) is 4.79 Å². The topological polar surface area (TPSA) is 32.8 Å². The molecule has 0 atom stereocenters. The number of ether oxygens (including phenoxy) is 1. The number of amides is 2. The molecule has 4 heteroatoms. The van der Waals surface area contributed by atoms with Crippen molar-refractivity contribution < 1.29 is 9.53 Å². The summed E-state index contributed by atoms with van der Waals surface area (Å²) in [4.78, 5) is 16.2. The average Bonchev–Trinajstić information content (AvgIpc) is 2.84. The van der Waals surface area contributed by atoms with Crippen LogP contribution in [0.2, 0.25) is 0 Å². The van der Waals surface area contributed by atoms with Crippen molar-refractivity contribution in [3.05, 3.63) is 29.8 Å². The third kappa shape index (κ3) is 2.15. The van der Waals surface area contributed by atoms with E-state index in [1.165, 1.54) is 0 Å². The number of carbonyl (C=O) groups excluding carboxylic acids is 1. The fourth-order valence-corrected chi connectivity index (χ4v) is 2.60. The van der Waals surface area contributed by atoms with Crippen molar-refractivity contribution in [1.29, 1.82) is 0 Å². The maximum Gasteiger partial charge on any atom is 0.320 e. The van der Waals surface area contributed by atoms with Gasteiger partial charge in [-0.15, -0.1) is 0 Å². The van der Waals surface area contributed by atoms with E-state index in [0.29, 0.717) is 19.7 Å². The van der Waals surface area contributed by atoms with Crippen LogP contribution in [0.3, 0.4) is 0 Å². The van der Waals surface area contributed by atoms with Gasteiger partial charge in [0.25, 0.3) is 0 Å². The van der Waals surface area contributed by atoms with Crippen LogP contribution in [0.1, 0.15) is 18.4 Å². The Balaban J connectivity index is 1.76. The highest BCUT2D eigenvalue weighted by atomic mass is 16.5. The van der Waals surface area contributed by atoms with Crippen LogP contribution in [0.15, 0.2) is 24.3 Å². The maximum atomic E-state index is 12.4. The second-order valence-corrected chi connectivity index (χ2v) is 4.85. The van der Waals surface area contributed by atoms with Crippen LogP contribution in [0, 0.1) is 0 Å². The maximum absolute atomic E-state index is 12.4. The smallest absolute Gasteiger partial charge is 0.320 e. The standard InChI is InChI=1S/C14H18N2O2/c17-14(15-7-3-4-8-15)16-9-10-18-13-6-2-1-5-12(13)11-16/h1-2,5-6H,3-4,7-11H2. The molecule has 0 saturated carbocycles. The van der Waals surface area contributed by atoms with E-state index in [1.54, 1.807) is 0 Å². The molecule has 1 fully saturated rings. The predicted octanol–water partition coefficient (Wildman–Crippen LogP) is 2.10. The predicted molar refractivity (Wildman–Crippen MR) is 68.6 cm³/mol. The summed E-state index contributed by atoms with van der Waals surface area (Å²) in [7, 11) is 0. The Bertz CT molecular complexity index is 441. The van der Waals surface area contributed by atoms with Crippen molar-refractivity contribution in [3.8, 4) is 5.75 Å². The second-order valence-electron chi connectivity index (χ2n) is 4.85. The Morgan fingerprint density at radius 2 is 1.83 bits per heavy atom. The van der Waals surface area contributed by atoms with Gasteiger partial charge in [-0.3, -0.25) is 0 Å². The van der Waals surface area contributed by atoms with Gasteiger partial charge in [0.2, 0.25) is 0 Å². The van der Waals surface area contributed by atoms with Crippen LogP contribution < -0.4 is 4.74 Å². The van der Waals surface area contributed by atoms with E-state index in [-0.39, 0.29) is 6.03 Å². The van der Waals surface area contributed by atoms with E-state index in [2.05, 4.69) is 0 Å². The number of carbonyl (C=O) groups is 1. The third-order valence-electron chi connectivity index (χ3n) is 3.60. The van der Waals surface area contributed by atoms with Crippen LogP contribution in [0.25, 0.3) is 0 Å². The van der Waals surface area contributed by atoms with E-state index in [0.717, 1.165) is 37.2 Å². The minimum absolute atomic E-state index is 0.160. The van der Waals surface area contributed by atoms with E-state index >= 15 is 0 Å². The fourth-order valence-electron chi connectivity index (χ4n) is 2.60. The lowest BCUT2D eigenvalue weighted by Crippen LogP contribution is -2.42. The molecule has 0 aromatic heterocycles. The zero-order valence-electron chi connectivity index (χ0n) is 10.5. The highest BCUT2D eigenvalue weighted by Crippen LogP contribution is 2.23. The number of para-hydroxylation sites is 1. The Kier molecular flexibility index (Phi) is 3.09. The van der Waals surface area contributed by atoms with Gasteiger partial charge in [0, 0.05) is 18.7 Å². The lowest BCUT2D eigenvalue weighted by Gasteiger charge is -2.26. The minimum atomic E-state index is 0.160. The first-order valence-corrected chi connectivity index (χ1v) is 6.59. The van der Waals surface area contributed by atoms with Crippen molar-refractivity contribution in [1.82, 2.24) is 9.80 Å². The van der Waals surface area contributed by atoms with Gasteiger partial charge in [-0.2, -0.15) is 0 Å². The molecule has 2 heterocycles. The molecule has 0 bridgehead atoms. The monoisotopic (exact) mass is 246 g/mol. The van der Waals surface area contributed by atoms with Gasteiger partial charge in [0.15, 0.2) is 0 Å². The summed E-state index contributed by atoms with van der Waals surface area (Å²) in [6, 6.07) is 8.13. The molecule has 2 aliphatic heterocycles. The van der Waals surface area contributed by atoms with Crippen LogP contribution in [-0.4, -0.2) is 42.1 Å². The van der Waals surface area contributed by atoms with Gasteiger partial charge >= 0.3 is 6.03 Å². The van der Waals surface area contributed by atoms with E-state index < -0.39 is 0 Å². The quantitative estimate of drug-likeness (QED) is 0.702. The number of nitrogens with zero attached hydrogens (tertiary/aromatic N) is 2. The molecular formula is C14H18N2O2. The number of urea groups is 1. The molecule has 2 amide bonds. The van der Waals surface area contributed by atoms with Crippen molar-refractivity contribution in [2.24, 2.45) is 0 Å². The Morgan fingerprint density at radius 3 is 2.67 bits per heavy atom. The van der Waals surface area contributed by atoms with Gasteiger partial charge < -0.3 is 14.5 Å². The molecule has 0 radical (unpaired) electrons. The van der Waals surface area contributed by atoms with Gasteiger partial charge in [-0.1, -0.05) is 18.2 Å². The Labute approximate surface area is 107 Å². The number of hydrogen-bond donors (Lipinski definition) is 0. The lowest BCUT2D eigenvalue weighted by molar-refractivity contribution is 0.154. The first kappa shape index (κ1) is 11.4. The molecule has 18 heavy (non-hydrogen) atoms. The molecule has 1 aromatic rings. The Morgan fingerprint density at radius 1 is 1.06 bits per heavy atom. The first-order valence-electron chi connectivity index (χ1n) is 6.59. The molecule has 4 nitrogen and oxygen atoms in total. The van der Waals surface area contributed by atoms with Gasteiger partial charge in [0.05, 0.1) is 13.1 Å². The normalized spacial score (nSPS) is 19.1. The summed E-state index contributed by atoms with van der Waals surface area (Å²) in [5.74, 6) is 0.911. The summed E-state index contributed by atoms with van der Waals surface area (Å²) in [5.41, 5.74) is 1.10. The molecule has 1 aromatic carbocycles. The summed E-state index contributed by atoms with van der Waals surface area (Å²) >= 11 is 0. The Hall–Kier alpha value is -1.71. The second kappa shape index (κ2) is 4.88. The molecule has 1 saturated heterocycles. The van der Waals surface area contributed by atoms with Crippen molar-refractivity contribution in [2.75, 3.05) is 26.2 Å². The van der Waals surface area contributed by atoms with Crippen molar-refractivity contribution in [3.63, 3.8) is 0 Å². The fraction of sp³-hybridized carbons (Fsp3) is 0.500. The summed E-state index contributed by atoms with van der Waals surface area (Å²) in [6.07, 6.45) is 2.26. The number of rotatable bonds is 0. The number of fused-ring (bicyclic) bond motifs is 1. The first-order chi connectivity index (χ1) is 8.84. The van der Waals surface area contributed by atoms with Crippen LogP contribution >= 0.6 is 0 Å². The molecule has 0 spiro atoms. The SMILES string of the molecule is O=C(N1CCCC1)N1CCOc2ccccc2C1. The van der Waals surface area contributed by atoms with E-state index in [9.17, 15) is 4.79 Å². The average molecular weight is 246 g/mol. The summed E-state index contributed by atoms with van der Waals surface area (Å²) in [6.45, 7) is 3.71. The number of likely N-dealkylation sites (tertiary alicyclic amines) is 1. The molecular weight excluding hydrogens is 228 g/mol. The summed E-state index contributed by atoms with van der Waals surface area (Å²) in [5, 5.41) is 0. The lowest BCUT2D eigenvalue weighted by atomic mass is 10.2. The highest BCUT2D eigenvalue weighted by Gasteiger charge is 2.25. The highest BCUT2D eigenvalue weighted by molar-refractivity contribution is 5.75. The molecule has 96 valence electrons. The minimum Gasteiger partial charge on any atom is -0.491 e. The van der Waals surface area contributed by atoms with Crippen LogP contribution in [0.5, 0.6) is 5.75 Å². The zero-order valence-corrected chi connectivity index (χ0v) is 10.5. The van der Waals surface area contributed by atoms with E-state index in [4.69, 9.17) is 4.74 Å². The van der Waals surface area contributed by atoms with Crippen molar-refractivity contribution >= 4 is 6.03 Å². The number of benzene rings is 1. The number of hydrogen-bond acceptors (Lipinski definition) is 2. The summed E-state index contributed by atoms with van der Waals surface area (Å²) < 4.78 is 5.68. The molecule has 2 aliphatic rings. The van der Waals surface area contributed by atoms with Gasteiger partial charge in [0.1, 0.15) is 12.4 Å². The van der Waals surface area contributed by atoms with Gasteiger partial charge in [-0.05, 0) is 18.9 Å². The molecule has 3 rings (SSSR count). The zero-order chi connectivity index (χ0) is 12.4. The van der Waals surface area contributed by atoms with Gasteiger partial charge in [-0.25, -0.2) is 4.79 Å². The largest absolute Gasteiger partial charge is 0.491 e. The third-order valence-corrected chi connectivity index (χ3v) is 3.60. The molecule has 0 aliphatic carbocycles.